The molecule has 0 spiro atoms. The summed E-state index contributed by atoms with van der Waals surface area (Å²) in [7, 11) is -0.733. The van der Waals surface area contributed by atoms with Crippen LogP contribution >= 0.6 is 7.75 Å². The number of para-hydroxylation sites is 2. The number of aromatic carboxylic acids is 1. The van der Waals surface area contributed by atoms with Gasteiger partial charge in [-0.05, 0) is 90.5 Å². The van der Waals surface area contributed by atoms with Gasteiger partial charge in [0.1, 0.15) is 23.0 Å². The molecule has 0 saturated carbocycles. The Morgan fingerprint density at radius 2 is 1.12 bits per heavy atom. The maximum Gasteiger partial charge on any atom is 0.525 e. The number of azide groups is 1. The van der Waals surface area contributed by atoms with Gasteiger partial charge in [0.05, 0.1) is 31.2 Å². The lowest BCUT2D eigenvalue weighted by Crippen LogP contribution is -2.01. The molecule has 60 heavy (non-hydrogen) atoms. The molecule has 15 nitrogen and oxygen atoms in total. The van der Waals surface area contributed by atoms with Gasteiger partial charge >= 0.3 is 13.7 Å². The number of ether oxygens (including phenoxy) is 2. The summed E-state index contributed by atoms with van der Waals surface area (Å²) in [6, 6.07) is 42.4. The zero-order valence-electron chi connectivity index (χ0n) is 31.6. The van der Waals surface area contributed by atoms with Crippen LogP contribution in [0.3, 0.4) is 0 Å². The number of anilines is 1. The highest BCUT2D eigenvalue weighted by molar-refractivity contribution is 7.53. The molecular formula is C44H39N8O7P. The Kier molecular flexibility index (Phi) is 14.7. The van der Waals surface area contributed by atoms with E-state index in [1.165, 1.54) is 0 Å². The Morgan fingerprint density at radius 1 is 0.650 bits per heavy atom. The van der Waals surface area contributed by atoms with Crippen LogP contribution in [0.2, 0.25) is 0 Å². The first-order valence-corrected chi connectivity index (χ1v) is 19.1. The number of nitrogens with zero attached hydrogens (tertiary/aromatic N) is 7. The van der Waals surface area contributed by atoms with Crippen molar-refractivity contribution in [3.63, 3.8) is 0 Å². The minimum absolute atomic E-state index is 0. The molecule has 4 aromatic heterocycles. The van der Waals surface area contributed by atoms with E-state index in [1.54, 1.807) is 105 Å². The number of carbonyl (C=O) groups is 1. The Morgan fingerprint density at radius 3 is 1.60 bits per heavy atom. The standard InChI is InChI=1S/C16H12N2O3.C15H13N3O.C12H10N3O3P.CH4/c1-21-11-5-2-4-10(8-11)14-9-13(16(19)20)12-6-3-7-17-15(12)18-14;1-19-11-5-2-4-10(8-11)14-9-13(16)12-6-3-7-17-15(12)18-14;13-14-15-19(16,17-11-7-3-1-4-8-11)18-12-9-5-2-6-10-12;/h2-9H,1H3,(H,19,20);2-9H,1H3,(H2,16,17,18);1-10H;1H4. The van der Waals surface area contributed by atoms with Gasteiger partial charge in [0.2, 0.25) is 0 Å². The van der Waals surface area contributed by atoms with Crippen LogP contribution in [0.15, 0.2) is 163 Å². The van der Waals surface area contributed by atoms with Crippen molar-refractivity contribution in [3.8, 4) is 45.5 Å². The number of aromatic nitrogens is 4. The van der Waals surface area contributed by atoms with Gasteiger partial charge in [0.25, 0.3) is 0 Å². The monoisotopic (exact) mass is 822 g/mol. The van der Waals surface area contributed by atoms with Crippen LogP contribution in [0.5, 0.6) is 23.0 Å². The maximum absolute atomic E-state index is 12.3. The fourth-order valence-corrected chi connectivity index (χ4v) is 6.50. The van der Waals surface area contributed by atoms with Crippen molar-refractivity contribution in [2.75, 3.05) is 20.0 Å². The van der Waals surface area contributed by atoms with Gasteiger partial charge in [-0.15, -0.1) is 0 Å². The summed E-state index contributed by atoms with van der Waals surface area (Å²) in [4.78, 5) is 34.5. The van der Waals surface area contributed by atoms with Gasteiger partial charge in [-0.1, -0.05) is 68.1 Å². The number of methoxy groups -OCH3 is 2. The molecule has 4 heterocycles. The minimum atomic E-state index is -3.95. The molecule has 8 rings (SSSR count). The molecule has 0 saturated heterocycles. The number of pyridine rings is 4. The van der Waals surface area contributed by atoms with Crippen LogP contribution in [0, 0.1) is 0 Å². The number of nitrogen functional groups attached to an aromatic ring is 1. The Bertz CT molecular complexity index is 2760. The third-order valence-corrected chi connectivity index (χ3v) is 9.42. The lowest BCUT2D eigenvalue weighted by molar-refractivity contribution is 0.0699. The highest BCUT2D eigenvalue weighted by Crippen LogP contribution is 2.50. The number of carboxylic acid groups (broad SMARTS) is 1. The van der Waals surface area contributed by atoms with Crippen molar-refractivity contribution >= 4 is 41.5 Å². The third-order valence-electron chi connectivity index (χ3n) is 8.24. The van der Waals surface area contributed by atoms with Crippen LogP contribution in [0.4, 0.5) is 5.69 Å². The Hall–Kier alpha value is -7.99. The lowest BCUT2D eigenvalue weighted by Gasteiger charge is -2.14. The zero-order chi connectivity index (χ0) is 41.6. The molecule has 0 atom stereocenters. The van der Waals surface area contributed by atoms with Crippen LogP contribution in [-0.2, 0) is 4.57 Å². The molecule has 0 amide bonds. The summed E-state index contributed by atoms with van der Waals surface area (Å²) >= 11 is 0. The Labute approximate surface area is 345 Å². The number of carboxylic acids is 1. The van der Waals surface area contributed by atoms with E-state index in [9.17, 15) is 14.5 Å². The van der Waals surface area contributed by atoms with Crippen molar-refractivity contribution < 1.29 is 33.0 Å². The second-order valence-electron chi connectivity index (χ2n) is 12.1. The first kappa shape index (κ1) is 43.1. The second-order valence-corrected chi connectivity index (χ2v) is 13.6. The van der Waals surface area contributed by atoms with Gasteiger partial charge in [0.15, 0.2) is 11.3 Å². The van der Waals surface area contributed by atoms with Crippen molar-refractivity contribution in [2.24, 2.45) is 4.88 Å². The van der Waals surface area contributed by atoms with E-state index in [-0.39, 0.29) is 13.0 Å². The molecule has 0 unspecified atom stereocenters. The number of fused-ring (bicyclic) bond motifs is 2. The van der Waals surface area contributed by atoms with Crippen LogP contribution in [0.25, 0.3) is 55.0 Å². The largest absolute Gasteiger partial charge is 0.525 e. The zero-order valence-corrected chi connectivity index (χ0v) is 32.5. The maximum atomic E-state index is 12.3. The van der Waals surface area contributed by atoms with E-state index in [1.807, 2.05) is 66.7 Å². The van der Waals surface area contributed by atoms with Gasteiger partial charge in [-0.25, -0.2) is 29.3 Å². The molecule has 3 N–H and O–H groups in total. The summed E-state index contributed by atoms with van der Waals surface area (Å²) in [6.07, 6.45) is 3.31. The van der Waals surface area contributed by atoms with E-state index in [4.69, 9.17) is 29.8 Å². The predicted octanol–water partition coefficient (Wildman–Crippen LogP) is 11.1. The first-order chi connectivity index (χ1) is 28.7. The average molecular weight is 823 g/mol. The highest BCUT2D eigenvalue weighted by Gasteiger charge is 2.26. The number of nitrogens with two attached hydrogens (primary N) is 1. The quantitative estimate of drug-likeness (QED) is 0.0569. The molecule has 0 aliphatic heterocycles. The number of rotatable bonds is 10. The first-order valence-electron chi connectivity index (χ1n) is 17.6. The Balaban J connectivity index is 0.000000170. The SMILES string of the molecule is C.COc1cccc(-c2cc(C(=O)O)c3cccnc3n2)c1.COc1cccc(-c2cc(N)c3cccnc3n2)c1.[N-]=[N+]=NP(=O)(Oc1ccccc1)Oc1ccccc1. The van der Waals surface area contributed by atoms with Crippen LogP contribution in [0.1, 0.15) is 17.8 Å². The molecule has 0 radical (unpaired) electrons. The number of benzene rings is 4. The van der Waals surface area contributed by atoms with E-state index in [0.29, 0.717) is 45.3 Å². The van der Waals surface area contributed by atoms with Crippen molar-refractivity contribution in [3.05, 3.63) is 174 Å². The summed E-state index contributed by atoms with van der Waals surface area (Å²) in [5, 5.41) is 10.8. The molecule has 8 aromatic rings. The molecule has 0 aliphatic rings. The van der Waals surface area contributed by atoms with Gasteiger partial charge in [0, 0.05) is 49.8 Å². The van der Waals surface area contributed by atoms with Gasteiger partial charge in [-0.2, -0.15) is 0 Å². The summed E-state index contributed by atoms with van der Waals surface area (Å²) in [5.74, 6) is 1.08. The van der Waals surface area contributed by atoms with Gasteiger partial charge < -0.3 is 29.4 Å². The fraction of sp³-hybridized carbons (Fsp3) is 0.0682. The summed E-state index contributed by atoms with van der Waals surface area (Å²) < 4.78 is 33.0. The second kappa shape index (κ2) is 20.4. The smallest absolute Gasteiger partial charge is 0.497 e. The van der Waals surface area contributed by atoms with Crippen molar-refractivity contribution in [1.29, 1.82) is 0 Å². The summed E-state index contributed by atoms with van der Waals surface area (Å²) in [6.45, 7) is 0. The van der Waals surface area contributed by atoms with Crippen molar-refractivity contribution in [1.82, 2.24) is 19.9 Å². The minimum Gasteiger partial charge on any atom is -0.497 e. The van der Waals surface area contributed by atoms with Crippen LogP contribution in [-0.4, -0.2) is 45.2 Å². The van der Waals surface area contributed by atoms with E-state index >= 15 is 0 Å². The highest BCUT2D eigenvalue weighted by atomic mass is 31.2. The molecule has 4 aromatic carbocycles. The van der Waals surface area contributed by atoms with Crippen LogP contribution < -0.4 is 24.3 Å². The predicted molar refractivity (Wildman–Crippen MR) is 232 cm³/mol. The topological polar surface area (TPSA) is 218 Å². The average Bonchev–Trinajstić information content (AvgIpc) is 3.27. The molecule has 0 aliphatic carbocycles. The van der Waals surface area contributed by atoms with Crippen molar-refractivity contribution in [2.45, 2.75) is 7.43 Å². The molecule has 302 valence electrons. The molecule has 16 heteroatoms. The lowest BCUT2D eigenvalue weighted by atomic mass is 10.1. The third kappa shape index (κ3) is 11.1. The summed E-state index contributed by atoms with van der Waals surface area (Å²) in [5.41, 5.74) is 19.6. The molecule has 0 bridgehead atoms. The molecule has 0 fully saturated rings. The van der Waals surface area contributed by atoms with E-state index in [2.05, 4.69) is 29.7 Å². The van der Waals surface area contributed by atoms with Gasteiger partial charge in [-0.3, -0.25) is 0 Å². The van der Waals surface area contributed by atoms with E-state index < -0.39 is 13.7 Å². The fourth-order valence-electron chi connectivity index (χ4n) is 5.51. The molecular weight excluding hydrogens is 784 g/mol. The number of hydrogen-bond donors (Lipinski definition) is 2. The number of hydrogen-bond acceptors (Lipinski definition) is 11. The normalized spacial score (nSPS) is 10.3. The van der Waals surface area contributed by atoms with E-state index in [0.717, 1.165) is 28.0 Å².